The van der Waals surface area contributed by atoms with Crippen molar-refractivity contribution in [2.45, 2.75) is 11.4 Å². The zero-order valence-corrected chi connectivity index (χ0v) is 16.3. The summed E-state index contributed by atoms with van der Waals surface area (Å²) < 4.78 is 26.2. The smallest absolute Gasteiger partial charge is 0.352 e. The number of benzene rings is 2. The molecule has 0 radical (unpaired) electrons. The topological polar surface area (TPSA) is 128 Å². The standard InChI is InChI=1S/C17H13Cl2N3O5S/c18-9-6-12(19)14-11(15(16(23)24)21-13(14)7-9)8-20-17(25)22-28(26,27)10-4-2-1-3-5-10/h1-7,21H,8H2,(H,23,24)(H2,20,22,25). The number of hydrogen-bond acceptors (Lipinski definition) is 4. The van der Waals surface area contributed by atoms with Gasteiger partial charge in [0, 0.05) is 28.0 Å². The number of rotatable bonds is 5. The molecule has 146 valence electrons. The number of nitrogens with one attached hydrogen (secondary N) is 3. The van der Waals surface area contributed by atoms with Gasteiger partial charge in [-0.3, -0.25) is 0 Å². The molecule has 0 atom stereocenters. The number of halogens is 2. The number of amides is 2. The van der Waals surface area contributed by atoms with Gasteiger partial charge in [0.25, 0.3) is 10.0 Å². The quantitative estimate of drug-likeness (QED) is 0.482. The summed E-state index contributed by atoms with van der Waals surface area (Å²) in [6.07, 6.45) is 0. The van der Waals surface area contributed by atoms with Crippen molar-refractivity contribution < 1.29 is 23.1 Å². The third kappa shape index (κ3) is 4.06. The number of carbonyl (C=O) groups excluding carboxylic acids is 1. The number of fused-ring (bicyclic) bond motifs is 1. The van der Waals surface area contributed by atoms with Gasteiger partial charge in [-0.25, -0.2) is 22.7 Å². The molecule has 0 aliphatic rings. The van der Waals surface area contributed by atoms with Crippen LogP contribution in [0.15, 0.2) is 47.4 Å². The largest absolute Gasteiger partial charge is 0.477 e. The lowest BCUT2D eigenvalue weighted by molar-refractivity contribution is 0.0690. The van der Waals surface area contributed by atoms with Crippen LogP contribution in [0.1, 0.15) is 16.1 Å². The zero-order chi connectivity index (χ0) is 20.5. The molecule has 28 heavy (non-hydrogen) atoms. The van der Waals surface area contributed by atoms with Gasteiger partial charge < -0.3 is 15.4 Å². The summed E-state index contributed by atoms with van der Waals surface area (Å²) >= 11 is 12.1. The van der Waals surface area contributed by atoms with Crippen LogP contribution in [0, 0.1) is 0 Å². The monoisotopic (exact) mass is 441 g/mol. The Morgan fingerprint density at radius 2 is 1.79 bits per heavy atom. The van der Waals surface area contributed by atoms with E-state index in [1.165, 1.54) is 36.4 Å². The highest BCUT2D eigenvalue weighted by Gasteiger charge is 2.22. The van der Waals surface area contributed by atoms with E-state index in [4.69, 9.17) is 23.2 Å². The molecule has 0 aliphatic heterocycles. The number of aromatic amines is 1. The van der Waals surface area contributed by atoms with Crippen LogP contribution in [0.5, 0.6) is 0 Å². The maximum absolute atomic E-state index is 12.2. The van der Waals surface area contributed by atoms with Crippen molar-refractivity contribution >= 4 is 56.1 Å². The molecule has 0 unspecified atom stereocenters. The first-order chi connectivity index (χ1) is 13.2. The van der Waals surface area contributed by atoms with Crippen LogP contribution in [0.25, 0.3) is 10.9 Å². The summed E-state index contributed by atoms with van der Waals surface area (Å²) in [5.41, 5.74) is 0.380. The summed E-state index contributed by atoms with van der Waals surface area (Å²) in [6.45, 7) is -0.279. The average Bonchev–Trinajstić information content (AvgIpc) is 2.99. The van der Waals surface area contributed by atoms with E-state index in [2.05, 4.69) is 10.3 Å². The maximum atomic E-state index is 12.2. The minimum Gasteiger partial charge on any atom is -0.477 e. The van der Waals surface area contributed by atoms with E-state index < -0.39 is 22.0 Å². The predicted molar refractivity (Wildman–Crippen MR) is 104 cm³/mol. The minimum absolute atomic E-state index is 0.0823. The summed E-state index contributed by atoms with van der Waals surface area (Å²) in [4.78, 5) is 26.2. The Morgan fingerprint density at radius 1 is 1.11 bits per heavy atom. The molecule has 2 aromatic carbocycles. The highest BCUT2D eigenvalue weighted by molar-refractivity contribution is 7.90. The number of carboxylic acids is 1. The molecule has 1 aromatic heterocycles. The van der Waals surface area contributed by atoms with Crippen molar-refractivity contribution in [3.63, 3.8) is 0 Å². The molecule has 0 bridgehead atoms. The van der Waals surface area contributed by atoms with Crippen molar-refractivity contribution in [2.75, 3.05) is 0 Å². The van der Waals surface area contributed by atoms with Crippen molar-refractivity contribution in [2.24, 2.45) is 0 Å². The van der Waals surface area contributed by atoms with Crippen molar-refractivity contribution in [3.8, 4) is 0 Å². The van der Waals surface area contributed by atoms with Crippen LogP contribution in [-0.4, -0.2) is 30.5 Å². The van der Waals surface area contributed by atoms with E-state index >= 15 is 0 Å². The third-order valence-corrected chi connectivity index (χ3v) is 5.70. The van der Waals surface area contributed by atoms with Gasteiger partial charge in [0.05, 0.1) is 9.92 Å². The Labute approximate surface area is 169 Å². The van der Waals surface area contributed by atoms with E-state index in [1.54, 1.807) is 6.07 Å². The molecular weight excluding hydrogens is 429 g/mol. The van der Waals surface area contributed by atoms with Gasteiger partial charge in [-0.15, -0.1) is 0 Å². The zero-order valence-electron chi connectivity index (χ0n) is 14.0. The lowest BCUT2D eigenvalue weighted by Gasteiger charge is -2.09. The molecule has 11 heteroatoms. The van der Waals surface area contributed by atoms with Crippen LogP contribution in [-0.2, 0) is 16.6 Å². The van der Waals surface area contributed by atoms with Gasteiger partial charge >= 0.3 is 12.0 Å². The first-order valence-electron chi connectivity index (χ1n) is 7.77. The van der Waals surface area contributed by atoms with Crippen LogP contribution in [0.2, 0.25) is 10.0 Å². The number of hydrogen-bond donors (Lipinski definition) is 4. The fourth-order valence-corrected chi connectivity index (χ4v) is 4.22. The van der Waals surface area contributed by atoms with Crippen LogP contribution < -0.4 is 10.0 Å². The molecule has 0 fully saturated rings. The molecule has 0 spiro atoms. The van der Waals surface area contributed by atoms with E-state index in [0.29, 0.717) is 15.9 Å². The number of carbonyl (C=O) groups is 2. The van der Waals surface area contributed by atoms with Crippen LogP contribution in [0.3, 0.4) is 0 Å². The van der Waals surface area contributed by atoms with E-state index in [-0.39, 0.29) is 27.7 Å². The summed E-state index contributed by atoms with van der Waals surface area (Å²) in [7, 11) is -4.06. The minimum atomic E-state index is -4.06. The number of sulfonamides is 1. The highest BCUT2D eigenvalue weighted by atomic mass is 35.5. The molecule has 0 aliphatic carbocycles. The lowest BCUT2D eigenvalue weighted by Crippen LogP contribution is -2.39. The number of carboxylic acid groups (broad SMARTS) is 1. The van der Waals surface area contributed by atoms with Crippen molar-refractivity contribution in [1.82, 2.24) is 15.0 Å². The molecule has 0 saturated heterocycles. The fourth-order valence-electron chi connectivity index (χ4n) is 2.66. The number of aromatic carboxylic acids is 1. The molecule has 0 saturated carbocycles. The second kappa shape index (κ2) is 7.70. The molecule has 2 amide bonds. The Kier molecular flexibility index (Phi) is 5.50. The first-order valence-corrected chi connectivity index (χ1v) is 10.0. The SMILES string of the molecule is O=C(NCc1c(C(=O)O)[nH]c2cc(Cl)cc(Cl)c12)NS(=O)(=O)c1ccccc1. The summed E-state index contributed by atoms with van der Waals surface area (Å²) in [5.74, 6) is -1.27. The molecule has 3 aromatic rings. The van der Waals surface area contributed by atoms with Crippen LogP contribution in [0.4, 0.5) is 4.79 Å². The Hall–Kier alpha value is -2.75. The summed E-state index contributed by atoms with van der Waals surface area (Å²) in [5, 5.41) is 12.6. The number of aromatic nitrogens is 1. The molecule has 3 rings (SSSR count). The van der Waals surface area contributed by atoms with Gasteiger partial charge in [0.2, 0.25) is 0 Å². The molecule has 8 nitrogen and oxygen atoms in total. The second-order valence-electron chi connectivity index (χ2n) is 5.70. The Morgan fingerprint density at radius 3 is 2.43 bits per heavy atom. The van der Waals surface area contributed by atoms with E-state index in [1.807, 2.05) is 4.72 Å². The molecule has 1 heterocycles. The number of H-pyrrole nitrogens is 1. The maximum Gasteiger partial charge on any atom is 0.352 e. The third-order valence-electron chi connectivity index (χ3n) is 3.84. The molecular formula is C17H13Cl2N3O5S. The molecule has 4 N–H and O–H groups in total. The Balaban J connectivity index is 1.84. The number of urea groups is 1. The normalized spacial score (nSPS) is 11.4. The van der Waals surface area contributed by atoms with Gasteiger partial charge in [-0.05, 0) is 24.3 Å². The van der Waals surface area contributed by atoms with Gasteiger partial charge in [0.1, 0.15) is 5.69 Å². The second-order valence-corrected chi connectivity index (χ2v) is 8.22. The summed E-state index contributed by atoms with van der Waals surface area (Å²) in [6, 6.07) is 9.27. The van der Waals surface area contributed by atoms with Gasteiger partial charge in [0.15, 0.2) is 0 Å². The lowest BCUT2D eigenvalue weighted by atomic mass is 10.1. The highest BCUT2D eigenvalue weighted by Crippen LogP contribution is 2.32. The van der Waals surface area contributed by atoms with Crippen molar-refractivity contribution in [1.29, 1.82) is 0 Å². The predicted octanol–water partition coefficient (Wildman–Crippen LogP) is 3.36. The van der Waals surface area contributed by atoms with E-state index in [0.717, 1.165) is 0 Å². The van der Waals surface area contributed by atoms with Crippen LogP contribution >= 0.6 is 23.2 Å². The first kappa shape index (κ1) is 20.0. The van der Waals surface area contributed by atoms with E-state index in [9.17, 15) is 23.1 Å². The average molecular weight is 442 g/mol. The van der Waals surface area contributed by atoms with Gasteiger partial charge in [-0.2, -0.15) is 0 Å². The Bertz CT molecular complexity index is 1180. The fraction of sp³-hybridized carbons (Fsp3) is 0.0588. The van der Waals surface area contributed by atoms with Gasteiger partial charge in [-0.1, -0.05) is 41.4 Å². The van der Waals surface area contributed by atoms with Crippen molar-refractivity contribution in [3.05, 3.63) is 63.8 Å².